The molecule has 1 aliphatic heterocycles. The van der Waals surface area contributed by atoms with E-state index in [1.807, 2.05) is 36.4 Å². The lowest BCUT2D eigenvalue weighted by atomic mass is 9.96. The molecule has 1 aliphatic rings. The molecule has 0 aliphatic carbocycles. The standard InChI is InChI=1S/C26H24N2O5S/c1-5-13-33-25(30)22-16(2)27-26-28(23(22)17-9-7-6-8-10-17)24(29)21(34-26)14-18-11-12-19(31-3)15-20(18)32-4/h5-12,14-15,23H,1,13H2,2-4H3/b21-14+/t23-/m0/s1. The SMILES string of the molecule is C=CCOC(=O)C1=C(C)N=c2s/c(=C/c3ccc(OC)cc3OC)c(=O)n2[C@H]1c1ccccc1. The number of esters is 1. The highest BCUT2D eigenvalue weighted by Crippen LogP contribution is 2.30. The number of hydrogen-bond donors (Lipinski definition) is 0. The van der Waals surface area contributed by atoms with E-state index in [1.54, 1.807) is 43.9 Å². The lowest BCUT2D eigenvalue weighted by Gasteiger charge is -2.24. The maximum Gasteiger partial charge on any atom is 0.338 e. The van der Waals surface area contributed by atoms with Crippen LogP contribution < -0.4 is 24.4 Å². The lowest BCUT2D eigenvalue weighted by molar-refractivity contribution is -0.138. The Morgan fingerprint density at radius 1 is 1.18 bits per heavy atom. The van der Waals surface area contributed by atoms with Crippen LogP contribution in [0.25, 0.3) is 6.08 Å². The second-order valence-corrected chi connectivity index (χ2v) is 8.50. The first-order valence-electron chi connectivity index (χ1n) is 10.6. The van der Waals surface area contributed by atoms with Gasteiger partial charge in [-0.2, -0.15) is 0 Å². The smallest absolute Gasteiger partial charge is 0.338 e. The predicted octanol–water partition coefficient (Wildman–Crippen LogP) is 2.98. The van der Waals surface area contributed by atoms with E-state index >= 15 is 0 Å². The molecule has 1 atom stereocenters. The first-order valence-corrected chi connectivity index (χ1v) is 11.4. The van der Waals surface area contributed by atoms with Gasteiger partial charge in [-0.25, -0.2) is 9.79 Å². The molecule has 7 nitrogen and oxygen atoms in total. The van der Waals surface area contributed by atoms with Crippen LogP contribution in [0, 0.1) is 0 Å². The molecule has 0 fully saturated rings. The molecule has 0 radical (unpaired) electrons. The average molecular weight is 477 g/mol. The fourth-order valence-electron chi connectivity index (χ4n) is 3.82. The fourth-order valence-corrected chi connectivity index (χ4v) is 4.86. The van der Waals surface area contributed by atoms with Crippen LogP contribution in [-0.4, -0.2) is 31.4 Å². The number of methoxy groups -OCH3 is 2. The molecule has 3 aromatic rings. The molecule has 0 bridgehead atoms. The Morgan fingerprint density at radius 3 is 2.62 bits per heavy atom. The topological polar surface area (TPSA) is 79.1 Å². The summed E-state index contributed by atoms with van der Waals surface area (Å²) in [7, 11) is 3.14. The van der Waals surface area contributed by atoms with Gasteiger partial charge >= 0.3 is 5.97 Å². The Morgan fingerprint density at radius 2 is 1.94 bits per heavy atom. The van der Waals surface area contributed by atoms with E-state index in [1.165, 1.54) is 17.4 Å². The Bertz CT molecular complexity index is 1450. The van der Waals surface area contributed by atoms with E-state index in [9.17, 15) is 9.59 Å². The van der Waals surface area contributed by atoms with E-state index in [0.29, 0.717) is 32.1 Å². The molecule has 174 valence electrons. The molecule has 4 rings (SSSR count). The van der Waals surface area contributed by atoms with Crippen molar-refractivity contribution in [2.45, 2.75) is 13.0 Å². The minimum atomic E-state index is -0.658. The van der Waals surface area contributed by atoms with Gasteiger partial charge in [0.2, 0.25) is 0 Å². The van der Waals surface area contributed by atoms with Crippen molar-refractivity contribution < 1.29 is 19.0 Å². The van der Waals surface area contributed by atoms with Gasteiger partial charge in [-0.3, -0.25) is 9.36 Å². The number of carbonyl (C=O) groups excluding carboxylic acids is 1. The number of carbonyl (C=O) groups is 1. The molecular formula is C26H24N2O5S. The lowest BCUT2D eigenvalue weighted by Crippen LogP contribution is -2.39. The quantitative estimate of drug-likeness (QED) is 0.387. The summed E-state index contributed by atoms with van der Waals surface area (Å²) in [5.41, 5.74) is 2.10. The van der Waals surface area contributed by atoms with E-state index in [-0.39, 0.29) is 12.2 Å². The van der Waals surface area contributed by atoms with Crippen LogP contribution in [-0.2, 0) is 9.53 Å². The molecule has 8 heteroatoms. The monoisotopic (exact) mass is 476 g/mol. The van der Waals surface area contributed by atoms with Gasteiger partial charge in [0.25, 0.3) is 5.56 Å². The second-order valence-electron chi connectivity index (χ2n) is 7.49. The van der Waals surface area contributed by atoms with Gasteiger partial charge in [-0.1, -0.05) is 54.3 Å². The minimum Gasteiger partial charge on any atom is -0.497 e. The maximum atomic E-state index is 13.6. The van der Waals surface area contributed by atoms with Gasteiger partial charge in [0.15, 0.2) is 4.80 Å². The molecule has 0 spiro atoms. The number of thiazole rings is 1. The van der Waals surface area contributed by atoms with Gasteiger partial charge in [0.05, 0.1) is 36.1 Å². The number of rotatable bonds is 7. The zero-order chi connectivity index (χ0) is 24.2. The van der Waals surface area contributed by atoms with Crippen molar-refractivity contribution in [2.24, 2.45) is 4.99 Å². The van der Waals surface area contributed by atoms with Gasteiger partial charge in [0, 0.05) is 11.6 Å². The summed E-state index contributed by atoms with van der Waals surface area (Å²) in [5, 5.41) is 0. The van der Waals surface area contributed by atoms with Crippen LogP contribution >= 0.6 is 11.3 Å². The van der Waals surface area contributed by atoms with Crippen molar-refractivity contribution >= 4 is 23.4 Å². The molecule has 0 saturated heterocycles. The number of ether oxygens (including phenoxy) is 3. The van der Waals surface area contributed by atoms with E-state index in [0.717, 1.165) is 11.1 Å². The van der Waals surface area contributed by atoms with Crippen LogP contribution in [0.4, 0.5) is 0 Å². The van der Waals surface area contributed by atoms with E-state index in [4.69, 9.17) is 14.2 Å². The molecular weight excluding hydrogens is 452 g/mol. The fraction of sp³-hybridized carbons (Fsp3) is 0.192. The van der Waals surface area contributed by atoms with Crippen molar-refractivity contribution in [3.63, 3.8) is 0 Å². The average Bonchev–Trinajstić information content (AvgIpc) is 3.16. The molecule has 34 heavy (non-hydrogen) atoms. The number of aromatic nitrogens is 1. The summed E-state index contributed by atoms with van der Waals surface area (Å²) >= 11 is 1.26. The molecule has 0 unspecified atom stereocenters. The number of benzene rings is 2. The van der Waals surface area contributed by atoms with Crippen molar-refractivity contribution in [1.82, 2.24) is 4.57 Å². The Hall–Kier alpha value is -3.91. The molecule has 2 heterocycles. The van der Waals surface area contributed by atoms with Crippen molar-refractivity contribution in [3.8, 4) is 11.5 Å². The van der Waals surface area contributed by atoms with Gasteiger partial charge in [0.1, 0.15) is 18.1 Å². The zero-order valence-electron chi connectivity index (χ0n) is 19.1. The van der Waals surface area contributed by atoms with E-state index in [2.05, 4.69) is 11.6 Å². The summed E-state index contributed by atoms with van der Waals surface area (Å²) in [6.07, 6.45) is 3.27. The zero-order valence-corrected chi connectivity index (χ0v) is 19.9. The summed E-state index contributed by atoms with van der Waals surface area (Å²) in [5.74, 6) is 0.702. The second kappa shape index (κ2) is 9.93. The van der Waals surface area contributed by atoms with Crippen molar-refractivity contribution in [1.29, 1.82) is 0 Å². The third kappa shape index (κ3) is 4.32. The number of fused-ring (bicyclic) bond motifs is 1. The third-order valence-electron chi connectivity index (χ3n) is 5.42. The predicted molar refractivity (Wildman–Crippen MR) is 131 cm³/mol. The van der Waals surface area contributed by atoms with Gasteiger partial charge in [-0.15, -0.1) is 0 Å². The first kappa shape index (κ1) is 23.3. The molecule has 0 N–H and O–H groups in total. The van der Waals surface area contributed by atoms with E-state index < -0.39 is 12.0 Å². The highest BCUT2D eigenvalue weighted by Gasteiger charge is 2.33. The largest absolute Gasteiger partial charge is 0.497 e. The van der Waals surface area contributed by atoms with Crippen LogP contribution in [0.1, 0.15) is 24.1 Å². The highest BCUT2D eigenvalue weighted by molar-refractivity contribution is 7.07. The summed E-state index contributed by atoms with van der Waals surface area (Å²) < 4.78 is 18.1. The number of nitrogens with zero attached hydrogens (tertiary/aromatic N) is 2. The third-order valence-corrected chi connectivity index (χ3v) is 6.40. The van der Waals surface area contributed by atoms with Crippen molar-refractivity contribution in [2.75, 3.05) is 20.8 Å². The van der Waals surface area contributed by atoms with Crippen LogP contribution in [0.5, 0.6) is 11.5 Å². The van der Waals surface area contributed by atoms with Gasteiger partial charge in [-0.05, 0) is 30.7 Å². The summed E-state index contributed by atoms with van der Waals surface area (Å²) in [6.45, 7) is 5.42. The van der Waals surface area contributed by atoms with Crippen molar-refractivity contribution in [3.05, 3.63) is 103 Å². The van der Waals surface area contributed by atoms with Crippen LogP contribution in [0.3, 0.4) is 0 Å². The number of hydrogen-bond acceptors (Lipinski definition) is 7. The van der Waals surface area contributed by atoms with Crippen LogP contribution in [0.15, 0.2) is 82.2 Å². The first-order chi connectivity index (χ1) is 16.5. The maximum absolute atomic E-state index is 13.6. The molecule has 1 aromatic heterocycles. The minimum absolute atomic E-state index is 0.0683. The van der Waals surface area contributed by atoms with Gasteiger partial charge < -0.3 is 14.2 Å². The Balaban J connectivity index is 1.92. The summed E-state index contributed by atoms with van der Waals surface area (Å²) in [6, 6.07) is 14.1. The molecule has 0 saturated carbocycles. The highest BCUT2D eigenvalue weighted by atomic mass is 32.1. The Labute approximate surface area is 200 Å². The molecule has 0 amide bonds. The Kier molecular flexibility index (Phi) is 6.79. The normalized spacial score (nSPS) is 15.4. The molecule has 2 aromatic carbocycles. The number of allylic oxidation sites excluding steroid dienone is 1. The van der Waals surface area contributed by atoms with Crippen LogP contribution in [0.2, 0.25) is 0 Å². The summed E-state index contributed by atoms with van der Waals surface area (Å²) in [4.78, 5) is 31.7.